The monoisotopic (exact) mass is 512 g/mol. The Hall–Kier alpha value is -4.10. The Morgan fingerprint density at radius 1 is 1.19 bits per heavy atom. The van der Waals surface area contributed by atoms with Crippen molar-refractivity contribution in [3.8, 4) is 16.3 Å². The number of hydrogen-bond donors (Lipinski definition) is 3. The van der Waals surface area contributed by atoms with E-state index in [1.807, 2.05) is 0 Å². The first kappa shape index (κ1) is 25.0. The molecule has 3 N–H and O–H groups in total. The smallest absolute Gasteiger partial charge is 0.422 e. The van der Waals surface area contributed by atoms with E-state index in [2.05, 4.69) is 15.5 Å². The van der Waals surface area contributed by atoms with Crippen LogP contribution in [0.5, 0.6) is 5.75 Å². The molecule has 0 aliphatic heterocycles. The van der Waals surface area contributed by atoms with E-state index in [1.54, 1.807) is 30.3 Å². The van der Waals surface area contributed by atoms with Crippen LogP contribution in [-0.2, 0) is 13.0 Å². The third-order valence-corrected chi connectivity index (χ3v) is 5.93. The van der Waals surface area contributed by atoms with Crippen LogP contribution < -0.4 is 15.5 Å². The SMILES string of the molecule is CB(O)Nn1cc(-c2nnc(Cc3ccc(F)cc3F)s2)c(=O)c(OCc2ccccc2)c1C(=O)O. The van der Waals surface area contributed by atoms with Gasteiger partial charge in [-0.05, 0) is 24.0 Å². The Labute approximate surface area is 207 Å². The number of aromatic nitrogens is 3. The van der Waals surface area contributed by atoms with Crippen molar-refractivity contribution in [3.05, 3.63) is 98.4 Å². The maximum Gasteiger partial charge on any atom is 0.422 e. The standard InChI is InChI=1S/C23H19BF2N4O5S/c1-24(34)29-30-11-16(22-28-27-18(36-22)9-14-7-8-15(25)10-17(14)26)20(31)21(19(30)23(32)33)35-12-13-5-3-2-4-6-13/h2-8,10-11,29,34H,9,12H2,1H3,(H,32,33). The van der Waals surface area contributed by atoms with Crippen molar-refractivity contribution in [3.63, 3.8) is 0 Å². The molecule has 0 aliphatic carbocycles. The highest BCUT2D eigenvalue weighted by Crippen LogP contribution is 2.27. The van der Waals surface area contributed by atoms with Gasteiger partial charge in [0.1, 0.15) is 23.2 Å². The van der Waals surface area contributed by atoms with Gasteiger partial charge in [-0.2, -0.15) is 0 Å². The number of halogens is 2. The number of aromatic carboxylic acids is 1. The average Bonchev–Trinajstić information content (AvgIpc) is 3.29. The lowest BCUT2D eigenvalue weighted by Gasteiger charge is -2.18. The lowest BCUT2D eigenvalue weighted by Crippen LogP contribution is -2.34. The molecule has 0 saturated carbocycles. The summed E-state index contributed by atoms with van der Waals surface area (Å²) in [6, 6.07) is 12.0. The molecule has 0 spiro atoms. The Bertz CT molecular complexity index is 1460. The fraction of sp³-hybridized carbons (Fsp3) is 0.130. The second-order valence-corrected chi connectivity index (χ2v) is 8.78. The van der Waals surface area contributed by atoms with Crippen LogP contribution in [-0.4, -0.2) is 38.0 Å². The average molecular weight is 512 g/mol. The van der Waals surface area contributed by atoms with E-state index in [4.69, 9.17) is 4.74 Å². The summed E-state index contributed by atoms with van der Waals surface area (Å²) in [4.78, 5) is 25.4. The minimum absolute atomic E-state index is 0.00840. The maximum atomic E-state index is 14.1. The van der Waals surface area contributed by atoms with Crippen LogP contribution in [0, 0.1) is 11.6 Å². The van der Waals surface area contributed by atoms with Gasteiger partial charge in [-0.1, -0.05) is 47.7 Å². The number of carboxylic acid groups (broad SMARTS) is 1. The third-order valence-electron chi connectivity index (χ3n) is 4.97. The quantitative estimate of drug-likeness (QED) is 0.292. The summed E-state index contributed by atoms with van der Waals surface area (Å²) in [6.07, 6.45) is 1.19. The molecule has 2 aromatic carbocycles. The normalized spacial score (nSPS) is 10.8. The second kappa shape index (κ2) is 10.7. The van der Waals surface area contributed by atoms with Gasteiger partial charge in [0.25, 0.3) is 0 Å². The van der Waals surface area contributed by atoms with Gasteiger partial charge in [0, 0.05) is 18.7 Å². The summed E-state index contributed by atoms with van der Waals surface area (Å²) >= 11 is 0.984. The highest BCUT2D eigenvalue weighted by Gasteiger charge is 2.26. The van der Waals surface area contributed by atoms with Crippen molar-refractivity contribution in [1.29, 1.82) is 0 Å². The molecule has 0 amide bonds. The Balaban J connectivity index is 1.75. The van der Waals surface area contributed by atoms with E-state index in [0.29, 0.717) is 10.6 Å². The fourth-order valence-corrected chi connectivity index (χ4v) is 4.24. The number of carbonyl (C=O) groups is 1. The molecule has 4 aromatic rings. The first-order chi connectivity index (χ1) is 17.2. The highest BCUT2D eigenvalue weighted by molar-refractivity contribution is 7.14. The molecular weight excluding hydrogens is 493 g/mol. The van der Waals surface area contributed by atoms with Crippen molar-refractivity contribution < 1.29 is 28.4 Å². The number of pyridine rings is 1. The zero-order valence-electron chi connectivity index (χ0n) is 18.8. The maximum absolute atomic E-state index is 14.1. The van der Waals surface area contributed by atoms with Gasteiger partial charge in [-0.3, -0.25) is 9.47 Å². The minimum Gasteiger partial charge on any atom is -0.482 e. The van der Waals surface area contributed by atoms with Crippen LogP contribution in [0.3, 0.4) is 0 Å². The van der Waals surface area contributed by atoms with Crippen LogP contribution in [0.4, 0.5) is 8.78 Å². The number of benzene rings is 2. The summed E-state index contributed by atoms with van der Waals surface area (Å²) in [5.74, 6) is -3.36. The Morgan fingerprint density at radius 3 is 2.61 bits per heavy atom. The summed E-state index contributed by atoms with van der Waals surface area (Å²) < 4.78 is 33.9. The molecule has 0 unspecified atom stereocenters. The molecule has 0 saturated heterocycles. The second-order valence-electron chi connectivity index (χ2n) is 7.72. The summed E-state index contributed by atoms with van der Waals surface area (Å²) in [5, 5.41) is 30.6. The Morgan fingerprint density at radius 2 is 1.94 bits per heavy atom. The van der Waals surface area contributed by atoms with E-state index < -0.39 is 41.5 Å². The topological polar surface area (TPSA) is 127 Å². The van der Waals surface area contributed by atoms with Crippen molar-refractivity contribution in [2.45, 2.75) is 19.9 Å². The molecule has 0 bridgehead atoms. The molecule has 4 rings (SSSR count). The third kappa shape index (κ3) is 5.58. The van der Waals surface area contributed by atoms with Gasteiger partial charge in [-0.25, -0.2) is 13.6 Å². The molecule has 9 nitrogen and oxygen atoms in total. The largest absolute Gasteiger partial charge is 0.482 e. The van der Waals surface area contributed by atoms with Crippen LogP contribution in [0.2, 0.25) is 6.82 Å². The summed E-state index contributed by atoms with van der Waals surface area (Å²) in [5.41, 5.74) is -0.408. The summed E-state index contributed by atoms with van der Waals surface area (Å²) in [7, 11) is -1.17. The molecule has 0 atom stereocenters. The molecule has 0 radical (unpaired) electrons. The van der Waals surface area contributed by atoms with Gasteiger partial charge >= 0.3 is 13.0 Å². The van der Waals surface area contributed by atoms with Crippen LogP contribution in [0.1, 0.15) is 26.6 Å². The fourth-order valence-electron chi connectivity index (χ4n) is 3.37. The van der Waals surface area contributed by atoms with Gasteiger partial charge < -0.3 is 20.2 Å². The molecule has 2 heterocycles. The molecular formula is C23H19BF2N4O5S. The number of ether oxygens (including phenoxy) is 1. The van der Waals surface area contributed by atoms with Crippen molar-refractivity contribution >= 4 is 24.4 Å². The van der Waals surface area contributed by atoms with E-state index in [9.17, 15) is 28.5 Å². The van der Waals surface area contributed by atoms with Gasteiger partial charge in [0.15, 0.2) is 10.7 Å². The lowest BCUT2D eigenvalue weighted by atomic mass is 9.91. The van der Waals surface area contributed by atoms with E-state index in [-0.39, 0.29) is 29.2 Å². The van der Waals surface area contributed by atoms with Crippen LogP contribution >= 0.6 is 11.3 Å². The molecule has 0 fully saturated rings. The molecule has 13 heteroatoms. The number of nitrogens with zero attached hydrogens (tertiary/aromatic N) is 3. The van der Waals surface area contributed by atoms with Crippen LogP contribution in [0.15, 0.2) is 59.5 Å². The predicted octanol–water partition coefficient (Wildman–Crippen LogP) is 3.17. The van der Waals surface area contributed by atoms with Crippen molar-refractivity contribution in [2.75, 3.05) is 5.34 Å². The minimum atomic E-state index is -1.46. The molecule has 0 aliphatic rings. The van der Waals surface area contributed by atoms with Crippen molar-refractivity contribution in [2.24, 2.45) is 0 Å². The number of nitrogens with one attached hydrogen (secondary N) is 1. The van der Waals surface area contributed by atoms with Gasteiger partial charge in [-0.15, -0.1) is 10.2 Å². The first-order valence-corrected chi connectivity index (χ1v) is 11.5. The van der Waals surface area contributed by atoms with E-state index in [1.165, 1.54) is 19.1 Å². The lowest BCUT2D eigenvalue weighted by molar-refractivity contribution is 0.0680. The van der Waals surface area contributed by atoms with Gasteiger partial charge in [0.05, 0.1) is 5.56 Å². The van der Waals surface area contributed by atoms with Crippen molar-refractivity contribution in [1.82, 2.24) is 14.9 Å². The zero-order valence-corrected chi connectivity index (χ0v) is 19.6. The van der Waals surface area contributed by atoms with E-state index >= 15 is 0 Å². The predicted molar refractivity (Wildman–Crippen MR) is 130 cm³/mol. The molecule has 2 aromatic heterocycles. The number of carboxylic acids is 1. The summed E-state index contributed by atoms with van der Waals surface area (Å²) in [6.45, 7) is 1.29. The number of rotatable bonds is 9. The van der Waals surface area contributed by atoms with Gasteiger partial charge in [0.2, 0.25) is 11.2 Å². The first-order valence-electron chi connectivity index (χ1n) is 10.6. The number of hydrogen-bond acceptors (Lipinski definition) is 8. The van der Waals surface area contributed by atoms with Crippen LogP contribution in [0.25, 0.3) is 10.6 Å². The highest BCUT2D eigenvalue weighted by atomic mass is 32.1. The Kier molecular flexibility index (Phi) is 7.41. The zero-order chi connectivity index (χ0) is 25.8. The van der Waals surface area contributed by atoms with E-state index in [0.717, 1.165) is 28.1 Å². The molecule has 36 heavy (non-hydrogen) atoms. The molecule has 184 valence electrons.